The molecular weight excluding hydrogens is 417 g/mol. The molecule has 0 saturated heterocycles. The van der Waals surface area contributed by atoms with Gasteiger partial charge in [-0.2, -0.15) is 0 Å². The van der Waals surface area contributed by atoms with Crippen LogP contribution in [0.25, 0.3) is 0 Å². The highest BCUT2D eigenvalue weighted by molar-refractivity contribution is 5.87. The van der Waals surface area contributed by atoms with Gasteiger partial charge in [0.15, 0.2) is 0 Å². The van der Waals surface area contributed by atoms with Crippen LogP contribution in [0, 0.1) is 0 Å². The first-order valence-electron chi connectivity index (χ1n) is 10.3. The van der Waals surface area contributed by atoms with Gasteiger partial charge in [-0.1, -0.05) is 42.5 Å². The van der Waals surface area contributed by atoms with Gasteiger partial charge in [-0.25, -0.2) is 0 Å². The van der Waals surface area contributed by atoms with Crippen molar-refractivity contribution in [2.75, 3.05) is 0 Å². The molecule has 0 heterocycles. The van der Waals surface area contributed by atoms with Crippen LogP contribution in [0.2, 0.25) is 0 Å². The van der Waals surface area contributed by atoms with Crippen LogP contribution >= 0.6 is 0 Å². The first-order valence-corrected chi connectivity index (χ1v) is 10.3. The predicted octanol–water partition coefficient (Wildman–Crippen LogP) is 7.25. The minimum absolute atomic E-state index is 0.0387. The van der Waals surface area contributed by atoms with Crippen molar-refractivity contribution in [2.24, 2.45) is 0 Å². The molecule has 0 aliphatic rings. The molecule has 3 nitrogen and oxygen atoms in total. The number of aryl methyl sites for hydroxylation is 1. The molecular formula is C26H25F3O3. The molecule has 3 rings (SSSR count). The molecule has 1 unspecified atom stereocenters. The second-order valence-corrected chi connectivity index (χ2v) is 7.88. The highest BCUT2D eigenvalue weighted by Crippen LogP contribution is 2.33. The van der Waals surface area contributed by atoms with Crippen LogP contribution in [-0.4, -0.2) is 12.1 Å². The molecule has 0 fully saturated rings. The van der Waals surface area contributed by atoms with E-state index in [0.29, 0.717) is 12.0 Å². The number of halogens is 3. The molecule has 32 heavy (non-hydrogen) atoms. The maximum absolute atomic E-state index is 12.4. The van der Waals surface area contributed by atoms with Gasteiger partial charge < -0.3 is 9.47 Å². The van der Waals surface area contributed by atoms with E-state index in [4.69, 9.17) is 4.74 Å². The lowest BCUT2D eigenvalue weighted by Gasteiger charge is -2.27. The maximum atomic E-state index is 12.4. The number of Topliss-reactive ketones (excluding diaryl/α,β-unsaturated/α-hetero) is 1. The zero-order chi connectivity index (χ0) is 23.2. The molecule has 1 atom stereocenters. The number of ether oxygens (including phenoxy) is 2. The van der Waals surface area contributed by atoms with Gasteiger partial charge in [0.2, 0.25) is 0 Å². The van der Waals surface area contributed by atoms with Gasteiger partial charge in [-0.15, -0.1) is 13.2 Å². The number of ketones is 1. The van der Waals surface area contributed by atoms with Gasteiger partial charge in [-0.05, 0) is 80.6 Å². The molecule has 0 N–H and O–H groups in total. The van der Waals surface area contributed by atoms with Crippen molar-refractivity contribution in [1.82, 2.24) is 0 Å². The summed E-state index contributed by atoms with van der Waals surface area (Å²) in [7, 11) is 0. The molecule has 0 aromatic heterocycles. The summed E-state index contributed by atoms with van der Waals surface area (Å²) in [5.41, 5.74) is 0.952. The second-order valence-electron chi connectivity index (χ2n) is 7.88. The molecule has 0 bridgehead atoms. The van der Waals surface area contributed by atoms with E-state index in [9.17, 15) is 18.0 Å². The van der Waals surface area contributed by atoms with Crippen molar-refractivity contribution < 1.29 is 27.4 Å². The van der Waals surface area contributed by atoms with Crippen LogP contribution in [0.15, 0.2) is 78.9 Å². The zero-order valence-electron chi connectivity index (χ0n) is 18.0. The smallest absolute Gasteiger partial charge is 0.457 e. The lowest BCUT2D eigenvalue weighted by atomic mass is 9.75. The minimum Gasteiger partial charge on any atom is -0.457 e. The summed E-state index contributed by atoms with van der Waals surface area (Å²) in [6, 6.07) is 22.8. The lowest BCUT2D eigenvalue weighted by molar-refractivity contribution is -0.274. The summed E-state index contributed by atoms with van der Waals surface area (Å²) in [4.78, 5) is 12.4. The molecule has 0 aliphatic carbocycles. The summed E-state index contributed by atoms with van der Waals surface area (Å²) >= 11 is 0. The van der Waals surface area contributed by atoms with Gasteiger partial charge in [0.05, 0.1) is 5.41 Å². The number of carbonyl (C=O) groups is 1. The van der Waals surface area contributed by atoms with E-state index in [1.165, 1.54) is 31.2 Å². The predicted molar refractivity (Wildman–Crippen MR) is 117 cm³/mol. The van der Waals surface area contributed by atoms with Crippen molar-refractivity contribution in [2.45, 2.75) is 44.9 Å². The normalized spacial score (nSPS) is 13.3. The average molecular weight is 442 g/mol. The van der Waals surface area contributed by atoms with E-state index < -0.39 is 11.8 Å². The van der Waals surface area contributed by atoms with Crippen molar-refractivity contribution >= 4 is 5.78 Å². The summed E-state index contributed by atoms with van der Waals surface area (Å²) in [6.07, 6.45) is -2.72. The standard InChI is InChI=1S/C26H25F3O3/c1-19(30)25(2,21-13-15-23(16-14-21)32-26(27,28)29)17-7-9-20-8-6-12-24(18-20)31-22-10-4-3-5-11-22/h3-6,8,10-16,18H,7,9,17H2,1-2H3. The minimum atomic E-state index is -4.75. The summed E-state index contributed by atoms with van der Waals surface area (Å²) in [6.45, 7) is 3.33. The fourth-order valence-electron chi connectivity index (χ4n) is 3.58. The molecule has 0 radical (unpaired) electrons. The Labute approximate surface area is 185 Å². The number of rotatable bonds is 9. The molecule has 3 aromatic rings. The summed E-state index contributed by atoms with van der Waals surface area (Å²) in [5.74, 6) is 1.15. The fourth-order valence-corrected chi connectivity index (χ4v) is 3.58. The molecule has 0 amide bonds. The number of carbonyl (C=O) groups excluding carboxylic acids is 1. The average Bonchev–Trinajstić information content (AvgIpc) is 2.74. The zero-order valence-corrected chi connectivity index (χ0v) is 18.0. The number of para-hydroxylation sites is 1. The Kier molecular flexibility index (Phi) is 7.23. The van der Waals surface area contributed by atoms with Gasteiger partial charge in [0, 0.05) is 0 Å². The third-order valence-corrected chi connectivity index (χ3v) is 5.52. The molecule has 168 valence electrons. The SMILES string of the molecule is CC(=O)C(C)(CCCc1cccc(Oc2ccccc2)c1)c1ccc(OC(F)(F)F)cc1. The number of hydrogen-bond acceptors (Lipinski definition) is 3. The quantitative estimate of drug-likeness (QED) is 0.350. The fraction of sp³-hybridized carbons (Fsp3) is 0.269. The number of hydrogen-bond donors (Lipinski definition) is 0. The van der Waals surface area contributed by atoms with E-state index in [-0.39, 0.29) is 11.5 Å². The van der Waals surface area contributed by atoms with E-state index in [1.807, 2.05) is 61.5 Å². The van der Waals surface area contributed by atoms with Crippen molar-refractivity contribution in [1.29, 1.82) is 0 Å². The summed E-state index contributed by atoms with van der Waals surface area (Å²) < 4.78 is 47.0. The highest BCUT2D eigenvalue weighted by Gasteiger charge is 2.33. The van der Waals surface area contributed by atoms with Gasteiger partial charge in [0.25, 0.3) is 0 Å². The maximum Gasteiger partial charge on any atom is 0.573 e. The van der Waals surface area contributed by atoms with E-state index in [2.05, 4.69) is 4.74 Å². The monoisotopic (exact) mass is 442 g/mol. The summed E-state index contributed by atoms with van der Waals surface area (Å²) in [5, 5.41) is 0. The first-order chi connectivity index (χ1) is 15.2. The van der Waals surface area contributed by atoms with Crippen molar-refractivity contribution in [3.05, 3.63) is 90.0 Å². The first kappa shape index (κ1) is 23.4. The Balaban J connectivity index is 1.65. The Morgan fingerprint density at radius 1 is 0.844 bits per heavy atom. The largest absolute Gasteiger partial charge is 0.573 e. The molecule has 0 aliphatic heterocycles. The Morgan fingerprint density at radius 2 is 1.50 bits per heavy atom. The third kappa shape index (κ3) is 6.36. The van der Waals surface area contributed by atoms with Crippen LogP contribution in [0.4, 0.5) is 13.2 Å². The topological polar surface area (TPSA) is 35.5 Å². The van der Waals surface area contributed by atoms with E-state index >= 15 is 0 Å². The van der Waals surface area contributed by atoms with Crippen LogP contribution in [0.5, 0.6) is 17.2 Å². The Bertz CT molecular complexity index is 1030. The highest BCUT2D eigenvalue weighted by atomic mass is 19.4. The Hall–Kier alpha value is -3.28. The van der Waals surface area contributed by atoms with Crippen molar-refractivity contribution in [3.8, 4) is 17.2 Å². The lowest BCUT2D eigenvalue weighted by Crippen LogP contribution is -2.30. The van der Waals surface area contributed by atoms with E-state index in [0.717, 1.165) is 29.9 Å². The number of benzene rings is 3. The molecule has 0 saturated carbocycles. The Morgan fingerprint density at radius 3 is 2.12 bits per heavy atom. The van der Waals surface area contributed by atoms with Crippen LogP contribution in [0.3, 0.4) is 0 Å². The van der Waals surface area contributed by atoms with Gasteiger partial charge >= 0.3 is 6.36 Å². The van der Waals surface area contributed by atoms with Gasteiger partial charge in [0.1, 0.15) is 23.0 Å². The second kappa shape index (κ2) is 9.90. The van der Waals surface area contributed by atoms with Crippen LogP contribution < -0.4 is 9.47 Å². The molecule has 3 aromatic carbocycles. The molecule has 6 heteroatoms. The number of alkyl halides is 3. The van der Waals surface area contributed by atoms with Crippen molar-refractivity contribution in [3.63, 3.8) is 0 Å². The third-order valence-electron chi connectivity index (χ3n) is 5.52. The van der Waals surface area contributed by atoms with E-state index in [1.54, 1.807) is 0 Å². The molecule has 0 spiro atoms. The van der Waals surface area contributed by atoms with Crippen LogP contribution in [0.1, 0.15) is 37.8 Å². The van der Waals surface area contributed by atoms with Gasteiger partial charge in [-0.3, -0.25) is 4.79 Å². The van der Waals surface area contributed by atoms with Crippen LogP contribution in [-0.2, 0) is 16.6 Å².